The number of rotatable bonds is 6. The first-order chi connectivity index (χ1) is 11.1. The average molecular weight is 333 g/mol. The summed E-state index contributed by atoms with van der Waals surface area (Å²) >= 11 is 1.48. The SMILES string of the molecule is COC(=O)c1ccccc1NC(=O)COC(=O)Cc1ccsc1. The van der Waals surface area contributed by atoms with Gasteiger partial charge in [-0.3, -0.25) is 9.59 Å². The third-order valence-corrected chi connectivity index (χ3v) is 3.63. The van der Waals surface area contributed by atoms with Crippen LogP contribution < -0.4 is 5.32 Å². The molecule has 2 rings (SSSR count). The number of para-hydroxylation sites is 1. The van der Waals surface area contributed by atoms with E-state index in [1.54, 1.807) is 18.2 Å². The number of esters is 2. The van der Waals surface area contributed by atoms with Gasteiger partial charge in [0.05, 0.1) is 24.8 Å². The third kappa shape index (κ3) is 4.93. The molecule has 7 heteroatoms. The number of carbonyl (C=O) groups excluding carboxylic acids is 3. The summed E-state index contributed by atoms with van der Waals surface area (Å²) in [7, 11) is 1.26. The highest BCUT2D eigenvalue weighted by molar-refractivity contribution is 7.07. The fourth-order valence-electron chi connectivity index (χ4n) is 1.82. The van der Waals surface area contributed by atoms with Gasteiger partial charge in [0.1, 0.15) is 0 Å². The van der Waals surface area contributed by atoms with Crippen molar-refractivity contribution in [3.8, 4) is 0 Å². The van der Waals surface area contributed by atoms with Crippen molar-refractivity contribution in [1.82, 2.24) is 0 Å². The number of hydrogen-bond donors (Lipinski definition) is 1. The summed E-state index contributed by atoms with van der Waals surface area (Å²) in [4.78, 5) is 35.1. The van der Waals surface area contributed by atoms with E-state index in [0.29, 0.717) is 5.69 Å². The minimum atomic E-state index is -0.560. The zero-order valence-corrected chi connectivity index (χ0v) is 13.2. The number of amides is 1. The highest BCUT2D eigenvalue weighted by Crippen LogP contribution is 2.16. The van der Waals surface area contributed by atoms with Crippen LogP contribution >= 0.6 is 11.3 Å². The number of thiophene rings is 1. The standard InChI is InChI=1S/C16H15NO5S/c1-21-16(20)12-4-2-3-5-13(12)17-14(18)9-22-15(19)8-11-6-7-23-10-11/h2-7,10H,8-9H2,1H3,(H,17,18). The van der Waals surface area contributed by atoms with Crippen molar-refractivity contribution in [2.75, 3.05) is 19.0 Å². The molecule has 1 aromatic carbocycles. The van der Waals surface area contributed by atoms with Gasteiger partial charge in [-0.05, 0) is 34.5 Å². The minimum Gasteiger partial charge on any atom is -0.465 e. The number of anilines is 1. The molecule has 1 heterocycles. The summed E-state index contributed by atoms with van der Waals surface area (Å²) < 4.78 is 9.55. The van der Waals surface area contributed by atoms with Gasteiger partial charge in [-0.2, -0.15) is 11.3 Å². The van der Waals surface area contributed by atoms with Crippen molar-refractivity contribution in [3.05, 3.63) is 52.2 Å². The number of carbonyl (C=O) groups is 3. The summed E-state index contributed by atoms with van der Waals surface area (Å²) in [5, 5.41) is 6.23. The normalized spacial score (nSPS) is 9.96. The average Bonchev–Trinajstić information content (AvgIpc) is 3.05. The summed E-state index contributed by atoms with van der Waals surface area (Å²) in [6.07, 6.45) is 0.121. The summed E-state index contributed by atoms with van der Waals surface area (Å²) in [6, 6.07) is 8.24. The number of ether oxygens (including phenoxy) is 2. The van der Waals surface area contributed by atoms with Gasteiger partial charge in [-0.15, -0.1) is 0 Å². The van der Waals surface area contributed by atoms with Gasteiger partial charge in [0, 0.05) is 0 Å². The van der Waals surface area contributed by atoms with Crippen LogP contribution in [0.25, 0.3) is 0 Å². The Labute approximate surface area is 137 Å². The van der Waals surface area contributed by atoms with Crippen LogP contribution in [0.2, 0.25) is 0 Å². The largest absolute Gasteiger partial charge is 0.465 e. The topological polar surface area (TPSA) is 81.7 Å². The highest BCUT2D eigenvalue weighted by Gasteiger charge is 2.14. The molecule has 1 aromatic heterocycles. The predicted octanol–water partition coefficient (Wildman–Crippen LogP) is 2.26. The minimum absolute atomic E-state index is 0.121. The lowest BCUT2D eigenvalue weighted by molar-refractivity contribution is -0.146. The molecule has 0 unspecified atom stereocenters. The maximum atomic E-state index is 11.8. The lowest BCUT2D eigenvalue weighted by Crippen LogP contribution is -2.22. The first kappa shape index (κ1) is 16.7. The van der Waals surface area contributed by atoms with Gasteiger partial charge >= 0.3 is 11.9 Å². The maximum Gasteiger partial charge on any atom is 0.339 e. The molecule has 0 spiro atoms. The van der Waals surface area contributed by atoms with Crippen molar-refractivity contribution in [1.29, 1.82) is 0 Å². The lowest BCUT2D eigenvalue weighted by atomic mass is 10.2. The number of methoxy groups -OCH3 is 1. The molecular formula is C16H15NO5S. The van der Waals surface area contributed by atoms with Crippen LogP contribution in [-0.4, -0.2) is 31.6 Å². The van der Waals surface area contributed by atoms with Crippen molar-refractivity contribution in [3.63, 3.8) is 0 Å². The molecule has 1 amide bonds. The van der Waals surface area contributed by atoms with Crippen molar-refractivity contribution in [2.45, 2.75) is 6.42 Å². The fourth-order valence-corrected chi connectivity index (χ4v) is 2.49. The van der Waals surface area contributed by atoms with Gasteiger partial charge in [-0.1, -0.05) is 12.1 Å². The highest BCUT2D eigenvalue weighted by atomic mass is 32.1. The van der Waals surface area contributed by atoms with Crippen LogP contribution in [0.3, 0.4) is 0 Å². The molecule has 0 saturated heterocycles. The van der Waals surface area contributed by atoms with Crippen LogP contribution in [0.5, 0.6) is 0 Å². The van der Waals surface area contributed by atoms with E-state index in [1.165, 1.54) is 24.5 Å². The monoisotopic (exact) mass is 333 g/mol. The second-order valence-corrected chi connectivity index (χ2v) is 5.33. The number of benzene rings is 1. The molecule has 6 nitrogen and oxygen atoms in total. The quantitative estimate of drug-likeness (QED) is 0.820. The fraction of sp³-hybridized carbons (Fsp3) is 0.188. The van der Waals surface area contributed by atoms with Crippen LogP contribution in [0.4, 0.5) is 5.69 Å². The van der Waals surface area contributed by atoms with E-state index in [0.717, 1.165) is 5.56 Å². The van der Waals surface area contributed by atoms with E-state index < -0.39 is 24.5 Å². The number of nitrogens with one attached hydrogen (secondary N) is 1. The molecule has 0 aliphatic rings. The van der Waals surface area contributed by atoms with Crippen LogP contribution in [0, 0.1) is 0 Å². The van der Waals surface area contributed by atoms with E-state index in [-0.39, 0.29) is 12.0 Å². The van der Waals surface area contributed by atoms with E-state index in [2.05, 4.69) is 10.1 Å². The lowest BCUT2D eigenvalue weighted by Gasteiger charge is -2.09. The Bertz CT molecular complexity index is 696. The Kier molecular flexibility index (Phi) is 5.87. The molecule has 0 aliphatic carbocycles. The van der Waals surface area contributed by atoms with Crippen molar-refractivity contribution < 1.29 is 23.9 Å². The van der Waals surface area contributed by atoms with Gasteiger partial charge in [0.25, 0.3) is 5.91 Å². The zero-order chi connectivity index (χ0) is 16.7. The first-order valence-corrected chi connectivity index (χ1v) is 7.68. The molecular weight excluding hydrogens is 318 g/mol. The Morgan fingerprint density at radius 2 is 1.96 bits per heavy atom. The molecule has 0 saturated carbocycles. The van der Waals surface area contributed by atoms with E-state index >= 15 is 0 Å². The van der Waals surface area contributed by atoms with E-state index in [9.17, 15) is 14.4 Å². The molecule has 0 fully saturated rings. The molecule has 1 N–H and O–H groups in total. The Morgan fingerprint density at radius 3 is 2.65 bits per heavy atom. The summed E-state index contributed by atoms with van der Waals surface area (Å²) in [5.74, 6) is -1.57. The molecule has 120 valence electrons. The molecule has 2 aromatic rings. The molecule has 0 bridgehead atoms. The first-order valence-electron chi connectivity index (χ1n) is 6.74. The summed E-state index contributed by atoms with van der Waals surface area (Å²) in [6.45, 7) is -0.418. The van der Waals surface area contributed by atoms with Gasteiger partial charge in [0.15, 0.2) is 6.61 Å². The van der Waals surface area contributed by atoms with Crippen molar-refractivity contribution in [2.24, 2.45) is 0 Å². The van der Waals surface area contributed by atoms with Gasteiger partial charge < -0.3 is 14.8 Å². The van der Waals surface area contributed by atoms with Gasteiger partial charge in [0.2, 0.25) is 0 Å². The molecule has 0 aliphatic heterocycles. The predicted molar refractivity (Wildman–Crippen MR) is 85.4 cm³/mol. The summed E-state index contributed by atoms with van der Waals surface area (Å²) in [5.41, 5.74) is 1.38. The number of hydrogen-bond acceptors (Lipinski definition) is 6. The smallest absolute Gasteiger partial charge is 0.339 e. The second kappa shape index (κ2) is 8.09. The second-order valence-electron chi connectivity index (χ2n) is 4.55. The Hall–Kier alpha value is -2.67. The van der Waals surface area contributed by atoms with Crippen LogP contribution in [0.1, 0.15) is 15.9 Å². The van der Waals surface area contributed by atoms with Gasteiger partial charge in [-0.25, -0.2) is 4.79 Å². The zero-order valence-electron chi connectivity index (χ0n) is 12.4. The molecule has 0 atom stereocenters. The van der Waals surface area contributed by atoms with Crippen molar-refractivity contribution >= 4 is 34.9 Å². The third-order valence-electron chi connectivity index (χ3n) is 2.90. The van der Waals surface area contributed by atoms with Crippen LogP contribution in [-0.2, 0) is 25.5 Å². The Morgan fingerprint density at radius 1 is 1.17 bits per heavy atom. The van der Waals surface area contributed by atoms with Crippen LogP contribution in [0.15, 0.2) is 41.1 Å². The maximum absolute atomic E-state index is 11.8. The van der Waals surface area contributed by atoms with E-state index in [1.807, 2.05) is 16.8 Å². The Balaban J connectivity index is 1.88. The molecule has 0 radical (unpaired) electrons. The molecule has 23 heavy (non-hydrogen) atoms. The van der Waals surface area contributed by atoms with E-state index in [4.69, 9.17) is 4.74 Å².